The Balaban J connectivity index is 1.65. The van der Waals surface area contributed by atoms with Crippen LogP contribution in [-0.4, -0.2) is 13.5 Å². The number of sulfonamides is 1. The molecule has 7 N–H and O–H groups in total. The zero-order chi connectivity index (χ0) is 23.9. The van der Waals surface area contributed by atoms with Gasteiger partial charge in [-0.3, -0.25) is 0 Å². The number of nitrogens with one attached hydrogen (secondary N) is 2. The fraction of sp³-hybridized carbons (Fsp3) is 0. The normalized spacial score (nSPS) is 11.6. The minimum absolute atomic E-state index is 0.0627. The van der Waals surface area contributed by atoms with Crippen molar-refractivity contribution in [3.63, 3.8) is 0 Å². The molecule has 0 fully saturated rings. The van der Waals surface area contributed by atoms with Gasteiger partial charge in [0.25, 0.3) is 0 Å². The summed E-state index contributed by atoms with van der Waals surface area (Å²) in [4.78, 5) is -0.0627. The molecule has 0 unspecified atom stereocenters. The number of primary sulfonamides is 1. The average molecular weight is 471 g/mol. The van der Waals surface area contributed by atoms with Crippen molar-refractivity contribution in [1.82, 2.24) is 0 Å². The Morgan fingerprint density at radius 2 is 1.47 bits per heavy atom. The van der Waals surface area contributed by atoms with Crippen LogP contribution in [0.4, 0.5) is 28.4 Å². The largest absolute Gasteiger partial charge is 0.507 e. The van der Waals surface area contributed by atoms with Gasteiger partial charge in [-0.2, -0.15) is 0 Å². The van der Waals surface area contributed by atoms with Gasteiger partial charge in [0.2, 0.25) is 10.0 Å². The van der Waals surface area contributed by atoms with E-state index < -0.39 is 10.0 Å². The average Bonchev–Trinajstić information content (AvgIpc) is 2.81. The molecule has 0 aromatic heterocycles. The lowest BCUT2D eigenvalue weighted by Gasteiger charge is -2.19. The van der Waals surface area contributed by atoms with Crippen LogP contribution >= 0.6 is 0 Å². The molecule has 170 valence electrons. The molecule has 0 atom stereocenters. The SMILES string of the molecule is Nc1ccc2ccccc2c1Nc1cccc(S(N)(=O)=O)c1Nc1ccc2c(O)cccc2c1. The number of hydrogen-bond donors (Lipinski definition) is 5. The third kappa shape index (κ3) is 3.96. The Morgan fingerprint density at radius 1 is 0.706 bits per heavy atom. The number of phenols is 1. The lowest BCUT2D eigenvalue weighted by atomic mass is 10.1. The van der Waals surface area contributed by atoms with Crippen LogP contribution in [-0.2, 0) is 10.0 Å². The van der Waals surface area contributed by atoms with Gasteiger partial charge in [0.15, 0.2) is 0 Å². The maximum Gasteiger partial charge on any atom is 0.240 e. The van der Waals surface area contributed by atoms with Crippen molar-refractivity contribution in [1.29, 1.82) is 0 Å². The molecule has 0 aliphatic rings. The molecule has 5 rings (SSSR count). The van der Waals surface area contributed by atoms with Crippen LogP contribution in [0, 0.1) is 0 Å². The van der Waals surface area contributed by atoms with E-state index in [2.05, 4.69) is 10.6 Å². The van der Waals surface area contributed by atoms with E-state index in [4.69, 9.17) is 10.9 Å². The van der Waals surface area contributed by atoms with Crippen LogP contribution in [0.2, 0.25) is 0 Å². The quantitative estimate of drug-likeness (QED) is 0.218. The molecule has 0 bridgehead atoms. The topological polar surface area (TPSA) is 130 Å². The molecular weight excluding hydrogens is 448 g/mol. The summed E-state index contributed by atoms with van der Waals surface area (Å²) in [5.41, 5.74) is 8.88. The number of para-hydroxylation sites is 1. The second-order valence-corrected chi connectivity index (χ2v) is 9.47. The highest BCUT2D eigenvalue weighted by molar-refractivity contribution is 7.89. The highest BCUT2D eigenvalue weighted by atomic mass is 32.2. The number of nitrogens with two attached hydrogens (primary N) is 2. The fourth-order valence-corrected chi connectivity index (χ4v) is 4.77. The molecule has 0 spiro atoms. The highest BCUT2D eigenvalue weighted by Gasteiger charge is 2.19. The van der Waals surface area contributed by atoms with Gasteiger partial charge in [-0.25, -0.2) is 13.6 Å². The van der Waals surface area contributed by atoms with Gasteiger partial charge in [-0.15, -0.1) is 0 Å². The molecule has 0 aliphatic heterocycles. The van der Waals surface area contributed by atoms with Crippen LogP contribution in [0.25, 0.3) is 21.5 Å². The number of aromatic hydroxyl groups is 1. The third-order valence-corrected chi connectivity index (χ3v) is 6.63. The van der Waals surface area contributed by atoms with Crippen LogP contribution in [0.3, 0.4) is 0 Å². The minimum Gasteiger partial charge on any atom is -0.507 e. The molecule has 0 saturated heterocycles. The summed E-state index contributed by atoms with van der Waals surface area (Å²) in [6, 6.07) is 26.9. The van der Waals surface area contributed by atoms with E-state index in [9.17, 15) is 13.5 Å². The monoisotopic (exact) mass is 470 g/mol. The van der Waals surface area contributed by atoms with Crippen LogP contribution < -0.4 is 21.5 Å². The summed E-state index contributed by atoms with van der Waals surface area (Å²) in [6.07, 6.45) is 0. The first-order valence-electron chi connectivity index (χ1n) is 10.5. The summed E-state index contributed by atoms with van der Waals surface area (Å²) >= 11 is 0. The van der Waals surface area contributed by atoms with Crippen molar-refractivity contribution in [2.75, 3.05) is 16.4 Å². The standard InChI is InChI=1S/C26H22N4O3S/c27-21-14-11-16-5-1-2-7-20(16)25(21)30-22-8-4-10-24(34(28,32)33)26(22)29-18-12-13-19-17(15-18)6-3-9-23(19)31/h1-15,29-31H,27H2,(H2,28,32,33). The molecule has 34 heavy (non-hydrogen) atoms. The summed E-state index contributed by atoms with van der Waals surface area (Å²) in [6.45, 7) is 0. The Kier molecular flexibility index (Phi) is 5.24. The van der Waals surface area contributed by atoms with E-state index in [1.165, 1.54) is 6.07 Å². The molecule has 5 aromatic rings. The Hall–Kier alpha value is -4.27. The zero-order valence-corrected chi connectivity index (χ0v) is 18.8. The van der Waals surface area contributed by atoms with Gasteiger partial charge in [0, 0.05) is 16.5 Å². The summed E-state index contributed by atoms with van der Waals surface area (Å²) < 4.78 is 24.9. The van der Waals surface area contributed by atoms with Gasteiger partial charge in [0.1, 0.15) is 10.6 Å². The second kappa shape index (κ2) is 8.26. The molecule has 0 aliphatic carbocycles. The predicted molar refractivity (Wildman–Crippen MR) is 138 cm³/mol. The van der Waals surface area contributed by atoms with Crippen LogP contribution in [0.1, 0.15) is 0 Å². The second-order valence-electron chi connectivity index (χ2n) is 7.94. The maximum atomic E-state index is 12.4. The van der Waals surface area contributed by atoms with E-state index in [1.807, 2.05) is 42.5 Å². The van der Waals surface area contributed by atoms with Crippen LogP contribution in [0.15, 0.2) is 95.9 Å². The molecule has 7 nitrogen and oxygen atoms in total. The zero-order valence-electron chi connectivity index (χ0n) is 18.0. The lowest BCUT2D eigenvalue weighted by Crippen LogP contribution is -2.15. The van der Waals surface area contributed by atoms with E-state index in [-0.39, 0.29) is 16.3 Å². The van der Waals surface area contributed by atoms with Crippen molar-refractivity contribution in [3.8, 4) is 5.75 Å². The van der Waals surface area contributed by atoms with Gasteiger partial charge >= 0.3 is 0 Å². The number of nitrogen functional groups attached to an aromatic ring is 1. The van der Waals surface area contributed by atoms with Crippen molar-refractivity contribution >= 4 is 60.0 Å². The van der Waals surface area contributed by atoms with E-state index in [1.54, 1.807) is 42.5 Å². The van der Waals surface area contributed by atoms with Gasteiger partial charge < -0.3 is 21.5 Å². The number of hydrogen-bond acceptors (Lipinski definition) is 6. The van der Waals surface area contributed by atoms with Gasteiger partial charge in [0.05, 0.1) is 22.7 Å². The van der Waals surface area contributed by atoms with Crippen molar-refractivity contribution < 1.29 is 13.5 Å². The number of anilines is 5. The summed E-state index contributed by atoms with van der Waals surface area (Å²) in [5, 5.41) is 25.5. The summed E-state index contributed by atoms with van der Waals surface area (Å²) in [7, 11) is -4.04. The van der Waals surface area contributed by atoms with Crippen molar-refractivity contribution in [3.05, 3.63) is 91.0 Å². The molecule has 0 radical (unpaired) electrons. The molecule has 5 aromatic carbocycles. The van der Waals surface area contributed by atoms with Gasteiger partial charge in [-0.1, -0.05) is 48.5 Å². The molecule has 0 saturated carbocycles. The maximum absolute atomic E-state index is 12.4. The first-order chi connectivity index (χ1) is 16.3. The number of fused-ring (bicyclic) bond motifs is 2. The Morgan fingerprint density at radius 3 is 2.29 bits per heavy atom. The van der Waals surface area contributed by atoms with Crippen LogP contribution in [0.5, 0.6) is 5.75 Å². The first-order valence-corrected chi connectivity index (χ1v) is 12.0. The summed E-state index contributed by atoms with van der Waals surface area (Å²) in [5.74, 6) is 0.169. The highest BCUT2D eigenvalue weighted by Crippen LogP contribution is 2.38. The third-order valence-electron chi connectivity index (χ3n) is 5.68. The molecule has 0 amide bonds. The molecule has 8 heteroatoms. The van der Waals surface area contributed by atoms with E-state index >= 15 is 0 Å². The van der Waals surface area contributed by atoms with E-state index in [0.717, 1.165) is 16.2 Å². The molecule has 0 heterocycles. The fourth-order valence-electron chi connectivity index (χ4n) is 4.05. The van der Waals surface area contributed by atoms with Crippen molar-refractivity contribution in [2.45, 2.75) is 4.90 Å². The first kappa shape index (κ1) is 21.6. The number of benzene rings is 5. The van der Waals surface area contributed by atoms with Gasteiger partial charge in [-0.05, 0) is 53.2 Å². The number of phenolic OH excluding ortho intramolecular Hbond substituents is 1. The van der Waals surface area contributed by atoms with Crippen molar-refractivity contribution in [2.24, 2.45) is 5.14 Å². The predicted octanol–water partition coefficient (Wildman–Crippen LogP) is 5.42. The van der Waals surface area contributed by atoms with E-state index in [0.29, 0.717) is 28.1 Å². The number of rotatable bonds is 5. The Bertz CT molecular complexity index is 1670. The molecular formula is C26H22N4O3S. The smallest absolute Gasteiger partial charge is 0.240 e. The Labute approximate surface area is 196 Å². The minimum atomic E-state index is -4.04. The lowest BCUT2D eigenvalue weighted by molar-refractivity contribution is 0.481.